The lowest BCUT2D eigenvalue weighted by Crippen LogP contribution is -2.39. The van der Waals surface area contributed by atoms with Crippen LogP contribution in [0.1, 0.15) is 23.2 Å². The van der Waals surface area contributed by atoms with E-state index in [-0.39, 0.29) is 12.6 Å². The third kappa shape index (κ3) is 5.26. The van der Waals surface area contributed by atoms with Gasteiger partial charge >= 0.3 is 18.0 Å². The van der Waals surface area contributed by atoms with Crippen LogP contribution in [0.3, 0.4) is 0 Å². The minimum Gasteiger partial charge on any atom is -0.444 e. The molecule has 124 valence electrons. The zero-order valence-electron chi connectivity index (χ0n) is 12.6. The third-order valence-corrected chi connectivity index (χ3v) is 3.47. The number of nitrogens with zero attached hydrogens (tertiary/aromatic N) is 1. The standard InChI is InChI=1S/C15H19N3O5/c16-15(21)17-10-22-13(19)12-6-8-18(9-7-12)23-14(20)11-4-2-1-3-5-11/h1-5,12H,6-10H2,(H3,16,17,21). The molecule has 0 spiro atoms. The largest absolute Gasteiger partial charge is 0.444 e. The average Bonchev–Trinajstić information content (AvgIpc) is 2.56. The Hall–Kier alpha value is -2.61. The molecule has 8 heteroatoms. The minimum absolute atomic E-state index is 0.239. The Morgan fingerprint density at radius 3 is 2.43 bits per heavy atom. The van der Waals surface area contributed by atoms with E-state index in [2.05, 4.69) is 5.32 Å². The molecule has 0 unspecified atom stereocenters. The van der Waals surface area contributed by atoms with Gasteiger partial charge in [-0.15, -0.1) is 5.06 Å². The predicted octanol–water partition coefficient (Wildman–Crippen LogP) is 0.639. The molecule has 1 saturated heterocycles. The predicted molar refractivity (Wildman–Crippen MR) is 79.8 cm³/mol. The molecule has 1 aliphatic rings. The number of rotatable bonds is 5. The molecule has 0 radical (unpaired) electrons. The number of hydroxylamine groups is 2. The average molecular weight is 321 g/mol. The van der Waals surface area contributed by atoms with E-state index in [4.69, 9.17) is 15.3 Å². The molecule has 1 heterocycles. The maximum Gasteiger partial charge on any atom is 0.357 e. The Labute approximate surface area is 133 Å². The van der Waals surface area contributed by atoms with Gasteiger partial charge in [-0.1, -0.05) is 18.2 Å². The van der Waals surface area contributed by atoms with Gasteiger partial charge in [0.05, 0.1) is 11.5 Å². The molecule has 1 aliphatic heterocycles. The smallest absolute Gasteiger partial charge is 0.357 e. The van der Waals surface area contributed by atoms with Gasteiger partial charge in [0, 0.05) is 13.1 Å². The van der Waals surface area contributed by atoms with Gasteiger partial charge in [-0.05, 0) is 25.0 Å². The van der Waals surface area contributed by atoms with Crippen LogP contribution in [0.25, 0.3) is 0 Å². The first-order chi connectivity index (χ1) is 11.1. The number of nitrogens with one attached hydrogen (secondary N) is 1. The van der Waals surface area contributed by atoms with Gasteiger partial charge in [0.2, 0.25) is 0 Å². The summed E-state index contributed by atoms with van der Waals surface area (Å²) >= 11 is 0. The first-order valence-electron chi connectivity index (χ1n) is 7.28. The van der Waals surface area contributed by atoms with E-state index >= 15 is 0 Å². The molecule has 23 heavy (non-hydrogen) atoms. The molecule has 0 aliphatic carbocycles. The second-order valence-corrected chi connectivity index (χ2v) is 5.10. The van der Waals surface area contributed by atoms with E-state index in [0.29, 0.717) is 31.5 Å². The molecular weight excluding hydrogens is 302 g/mol. The highest BCUT2D eigenvalue weighted by Crippen LogP contribution is 2.19. The van der Waals surface area contributed by atoms with Crippen molar-refractivity contribution >= 4 is 18.0 Å². The maximum absolute atomic E-state index is 11.9. The van der Waals surface area contributed by atoms with Crippen molar-refractivity contribution in [1.82, 2.24) is 10.4 Å². The number of nitrogens with two attached hydrogens (primary N) is 1. The van der Waals surface area contributed by atoms with Crippen LogP contribution < -0.4 is 11.1 Å². The van der Waals surface area contributed by atoms with Crippen LogP contribution in [0.2, 0.25) is 0 Å². The summed E-state index contributed by atoms with van der Waals surface area (Å²) in [5.41, 5.74) is 5.35. The number of ether oxygens (including phenoxy) is 1. The minimum atomic E-state index is -0.750. The number of amides is 2. The number of primary amides is 1. The summed E-state index contributed by atoms with van der Waals surface area (Å²) in [7, 11) is 0. The van der Waals surface area contributed by atoms with Gasteiger partial charge in [0.25, 0.3) is 0 Å². The summed E-state index contributed by atoms with van der Waals surface area (Å²) in [6, 6.07) is 7.95. The topological polar surface area (TPSA) is 111 Å². The number of hydrogen-bond acceptors (Lipinski definition) is 6. The van der Waals surface area contributed by atoms with Crippen molar-refractivity contribution in [3.05, 3.63) is 35.9 Å². The van der Waals surface area contributed by atoms with E-state index < -0.39 is 18.0 Å². The molecular formula is C15H19N3O5. The fourth-order valence-electron chi connectivity index (χ4n) is 2.22. The molecule has 8 nitrogen and oxygen atoms in total. The highest BCUT2D eigenvalue weighted by molar-refractivity contribution is 5.89. The fraction of sp³-hybridized carbons (Fsp3) is 0.400. The number of urea groups is 1. The molecule has 0 bridgehead atoms. The van der Waals surface area contributed by atoms with Gasteiger partial charge in [0.15, 0.2) is 6.73 Å². The van der Waals surface area contributed by atoms with Crippen LogP contribution in [-0.4, -0.2) is 42.9 Å². The number of carbonyl (C=O) groups excluding carboxylic acids is 3. The van der Waals surface area contributed by atoms with Gasteiger partial charge in [-0.2, -0.15) is 0 Å². The van der Waals surface area contributed by atoms with Crippen LogP contribution in [0.4, 0.5) is 4.79 Å². The molecule has 1 aromatic rings. The maximum atomic E-state index is 11.9. The lowest BCUT2D eigenvalue weighted by atomic mass is 9.98. The quantitative estimate of drug-likeness (QED) is 0.608. The molecule has 0 aromatic heterocycles. The zero-order chi connectivity index (χ0) is 16.7. The Bertz CT molecular complexity index is 555. The second-order valence-electron chi connectivity index (χ2n) is 5.10. The number of benzene rings is 1. The molecule has 0 saturated carbocycles. The van der Waals surface area contributed by atoms with Crippen molar-refractivity contribution in [2.75, 3.05) is 19.8 Å². The van der Waals surface area contributed by atoms with E-state index in [1.54, 1.807) is 29.3 Å². The van der Waals surface area contributed by atoms with Crippen LogP contribution in [0, 0.1) is 5.92 Å². The van der Waals surface area contributed by atoms with Gasteiger partial charge in [-0.3, -0.25) is 4.79 Å². The van der Waals surface area contributed by atoms with Crippen molar-refractivity contribution < 1.29 is 24.0 Å². The number of piperidine rings is 1. The van der Waals surface area contributed by atoms with Crippen LogP contribution in [0.5, 0.6) is 0 Å². The highest BCUT2D eigenvalue weighted by Gasteiger charge is 2.28. The number of esters is 1. The summed E-state index contributed by atoms with van der Waals surface area (Å²) in [4.78, 5) is 39.5. The number of hydrogen-bond donors (Lipinski definition) is 2. The number of carbonyl (C=O) groups is 3. The summed E-state index contributed by atoms with van der Waals surface area (Å²) in [5.74, 6) is -1.10. The van der Waals surface area contributed by atoms with E-state index in [1.807, 2.05) is 6.07 Å². The lowest BCUT2D eigenvalue weighted by Gasteiger charge is -2.29. The highest BCUT2D eigenvalue weighted by atomic mass is 16.7. The van der Waals surface area contributed by atoms with Crippen molar-refractivity contribution in [1.29, 1.82) is 0 Å². The summed E-state index contributed by atoms with van der Waals surface area (Å²) < 4.78 is 4.90. The van der Waals surface area contributed by atoms with Crippen LogP contribution >= 0.6 is 0 Å². The Morgan fingerprint density at radius 1 is 1.17 bits per heavy atom. The van der Waals surface area contributed by atoms with Crippen molar-refractivity contribution in [3.8, 4) is 0 Å². The first kappa shape index (κ1) is 16.8. The van der Waals surface area contributed by atoms with Gasteiger partial charge in [-0.25, -0.2) is 9.59 Å². The second kappa shape index (κ2) is 8.14. The van der Waals surface area contributed by atoms with Crippen molar-refractivity contribution in [2.24, 2.45) is 11.7 Å². The van der Waals surface area contributed by atoms with Gasteiger partial charge < -0.3 is 20.6 Å². The molecule has 3 N–H and O–H groups in total. The lowest BCUT2D eigenvalue weighted by molar-refractivity contribution is -0.158. The van der Waals surface area contributed by atoms with Crippen molar-refractivity contribution in [2.45, 2.75) is 12.8 Å². The summed E-state index contributed by atoms with van der Waals surface area (Å²) in [6.07, 6.45) is 1.02. The first-order valence-corrected chi connectivity index (χ1v) is 7.28. The fourth-order valence-corrected chi connectivity index (χ4v) is 2.22. The molecule has 2 amide bonds. The molecule has 1 aromatic carbocycles. The van der Waals surface area contributed by atoms with Crippen LogP contribution in [0.15, 0.2) is 30.3 Å². The Kier molecular flexibility index (Phi) is 5.93. The molecule has 1 fully saturated rings. The normalized spacial score (nSPS) is 15.7. The van der Waals surface area contributed by atoms with Crippen LogP contribution in [-0.2, 0) is 14.4 Å². The van der Waals surface area contributed by atoms with Gasteiger partial charge in [0.1, 0.15) is 0 Å². The van der Waals surface area contributed by atoms with E-state index in [9.17, 15) is 14.4 Å². The molecule has 0 atom stereocenters. The zero-order valence-corrected chi connectivity index (χ0v) is 12.6. The monoisotopic (exact) mass is 321 g/mol. The Morgan fingerprint density at radius 2 is 1.83 bits per heavy atom. The Balaban J connectivity index is 1.72. The van der Waals surface area contributed by atoms with Crippen molar-refractivity contribution in [3.63, 3.8) is 0 Å². The third-order valence-electron chi connectivity index (χ3n) is 3.47. The van der Waals surface area contributed by atoms with E-state index in [0.717, 1.165) is 0 Å². The SMILES string of the molecule is NC(=O)NCOC(=O)C1CCN(OC(=O)c2ccccc2)CC1. The van der Waals surface area contributed by atoms with E-state index in [1.165, 1.54) is 0 Å². The molecule has 2 rings (SSSR count). The summed E-state index contributed by atoms with van der Waals surface area (Å²) in [5, 5.41) is 3.73. The summed E-state index contributed by atoms with van der Waals surface area (Å²) in [6.45, 7) is 0.653.